The topological polar surface area (TPSA) is 46.4 Å². The zero-order chi connectivity index (χ0) is 15.5. The lowest BCUT2D eigenvalue weighted by atomic mass is 9.99. The molecule has 0 bridgehead atoms. The average molecular weight is 307 g/mol. The van der Waals surface area contributed by atoms with Crippen LogP contribution in [-0.4, -0.2) is 77.3 Å². The van der Waals surface area contributed by atoms with Crippen LogP contribution in [0.1, 0.15) is 31.4 Å². The minimum absolute atomic E-state index is 0.234. The molecule has 3 heterocycles. The first kappa shape index (κ1) is 15.9. The molecule has 0 spiro atoms. The Balaban J connectivity index is 1.51. The van der Waals surface area contributed by atoms with Crippen LogP contribution in [0.2, 0.25) is 0 Å². The molecule has 1 aromatic heterocycles. The van der Waals surface area contributed by atoms with Gasteiger partial charge in [0.1, 0.15) is 0 Å². The summed E-state index contributed by atoms with van der Waals surface area (Å²) in [6.45, 7) is 9.23. The van der Waals surface area contributed by atoms with Crippen LogP contribution >= 0.6 is 0 Å². The summed E-state index contributed by atoms with van der Waals surface area (Å²) in [5.74, 6) is 1.25. The van der Waals surface area contributed by atoms with Crippen molar-refractivity contribution >= 4 is 0 Å². The summed E-state index contributed by atoms with van der Waals surface area (Å²) in [5, 5.41) is 8.35. The first-order chi connectivity index (χ1) is 10.7. The van der Waals surface area contributed by atoms with Gasteiger partial charge in [-0.15, -0.1) is 5.10 Å². The molecule has 2 aliphatic heterocycles. The van der Waals surface area contributed by atoms with Crippen molar-refractivity contribution in [1.29, 1.82) is 0 Å². The first-order valence-electron chi connectivity index (χ1n) is 8.49. The quantitative estimate of drug-likeness (QED) is 0.811. The summed E-state index contributed by atoms with van der Waals surface area (Å²) >= 11 is 0. The van der Waals surface area contributed by atoms with Gasteiger partial charge in [-0.2, -0.15) is 0 Å². The number of likely N-dealkylation sites (tertiary alicyclic amines) is 2. The van der Waals surface area contributed by atoms with Crippen molar-refractivity contribution < 1.29 is 4.74 Å². The van der Waals surface area contributed by atoms with Crippen LogP contribution in [0.3, 0.4) is 0 Å². The lowest BCUT2D eigenvalue weighted by Crippen LogP contribution is -2.39. The fourth-order valence-electron chi connectivity index (χ4n) is 3.66. The summed E-state index contributed by atoms with van der Waals surface area (Å²) in [6.07, 6.45) is 4.95. The molecule has 6 nitrogen and oxygen atoms in total. The van der Waals surface area contributed by atoms with Gasteiger partial charge in [0.2, 0.25) is 0 Å². The van der Waals surface area contributed by atoms with E-state index < -0.39 is 0 Å². The second-order valence-electron chi connectivity index (χ2n) is 6.98. The number of piperidine rings is 1. The van der Waals surface area contributed by atoms with E-state index in [0.717, 1.165) is 31.2 Å². The minimum atomic E-state index is 0.234. The van der Waals surface area contributed by atoms with E-state index >= 15 is 0 Å². The maximum absolute atomic E-state index is 5.69. The molecule has 0 amide bonds. The van der Waals surface area contributed by atoms with E-state index in [1.165, 1.54) is 32.5 Å². The van der Waals surface area contributed by atoms with Gasteiger partial charge in [0.25, 0.3) is 0 Å². The normalized spacial score (nSPS) is 28.5. The monoisotopic (exact) mass is 307 g/mol. The predicted octanol–water partition coefficient (Wildman–Crippen LogP) is 0.961. The lowest BCUT2D eigenvalue weighted by Gasteiger charge is -2.31. The maximum atomic E-state index is 5.69. The smallest absolute Gasteiger partial charge is 0.0897 e. The number of ether oxygens (including phenoxy) is 1. The third-order valence-corrected chi connectivity index (χ3v) is 5.25. The van der Waals surface area contributed by atoms with Crippen LogP contribution in [0.25, 0.3) is 0 Å². The SMILES string of the molecule is CO[C@@H]1CN(CCN2CCC(C)CC2)C[C@H]1c1cn(C)nn1. The largest absolute Gasteiger partial charge is 0.379 e. The van der Waals surface area contributed by atoms with E-state index in [-0.39, 0.29) is 6.10 Å². The minimum Gasteiger partial charge on any atom is -0.379 e. The van der Waals surface area contributed by atoms with Crippen molar-refractivity contribution in [3.05, 3.63) is 11.9 Å². The van der Waals surface area contributed by atoms with Gasteiger partial charge in [-0.05, 0) is 31.8 Å². The molecular weight excluding hydrogens is 278 g/mol. The molecule has 0 aromatic carbocycles. The van der Waals surface area contributed by atoms with E-state index in [4.69, 9.17) is 4.74 Å². The third kappa shape index (κ3) is 3.67. The molecule has 0 radical (unpaired) electrons. The van der Waals surface area contributed by atoms with Crippen LogP contribution in [0.4, 0.5) is 0 Å². The van der Waals surface area contributed by atoms with Gasteiger partial charge < -0.3 is 9.64 Å². The average Bonchev–Trinajstić information content (AvgIpc) is 3.12. The Morgan fingerprint density at radius 1 is 1.18 bits per heavy atom. The molecule has 1 aromatic rings. The van der Waals surface area contributed by atoms with Gasteiger partial charge in [-0.3, -0.25) is 9.58 Å². The number of nitrogens with zero attached hydrogens (tertiary/aromatic N) is 5. The van der Waals surface area contributed by atoms with Crippen LogP contribution in [0.15, 0.2) is 6.20 Å². The molecule has 0 saturated carbocycles. The Labute approximate surface area is 133 Å². The van der Waals surface area contributed by atoms with Crippen molar-refractivity contribution in [3.8, 4) is 0 Å². The number of aromatic nitrogens is 3. The van der Waals surface area contributed by atoms with Crippen LogP contribution in [-0.2, 0) is 11.8 Å². The van der Waals surface area contributed by atoms with Gasteiger partial charge in [0, 0.05) is 52.5 Å². The first-order valence-corrected chi connectivity index (χ1v) is 8.49. The van der Waals surface area contributed by atoms with Gasteiger partial charge >= 0.3 is 0 Å². The molecule has 0 aliphatic carbocycles. The summed E-state index contributed by atoms with van der Waals surface area (Å²) in [5.41, 5.74) is 1.06. The standard InChI is InChI=1S/C16H29N5O/c1-13-4-6-20(7-5-13)8-9-21-10-14(16(12-21)22-3)15-11-19(2)18-17-15/h11,13-14,16H,4-10,12H2,1-3H3/t14-,16+/m0/s1. The van der Waals surface area contributed by atoms with Gasteiger partial charge in [-0.25, -0.2) is 0 Å². The molecule has 124 valence electrons. The number of aryl methyl sites for hydroxylation is 1. The van der Waals surface area contributed by atoms with E-state index in [2.05, 4.69) is 27.0 Å². The molecule has 22 heavy (non-hydrogen) atoms. The molecular formula is C16H29N5O. The second kappa shape index (κ2) is 7.06. The highest BCUT2D eigenvalue weighted by atomic mass is 16.5. The molecule has 0 unspecified atom stereocenters. The Morgan fingerprint density at radius 3 is 2.55 bits per heavy atom. The number of hydrogen-bond acceptors (Lipinski definition) is 5. The van der Waals surface area contributed by atoms with Gasteiger partial charge in [0.15, 0.2) is 0 Å². The summed E-state index contributed by atoms with van der Waals surface area (Å²) < 4.78 is 7.47. The Kier molecular flexibility index (Phi) is 5.10. The fraction of sp³-hybridized carbons (Fsp3) is 0.875. The van der Waals surface area contributed by atoms with Crippen molar-refractivity contribution in [2.75, 3.05) is 46.4 Å². The zero-order valence-electron chi connectivity index (χ0n) is 14.1. The van der Waals surface area contributed by atoms with E-state index in [1.807, 2.05) is 20.4 Å². The second-order valence-corrected chi connectivity index (χ2v) is 6.98. The molecule has 2 fully saturated rings. The molecule has 2 saturated heterocycles. The van der Waals surface area contributed by atoms with Gasteiger partial charge in [-0.1, -0.05) is 12.1 Å². The summed E-state index contributed by atoms with van der Waals surface area (Å²) in [7, 11) is 3.73. The molecule has 2 aliphatic rings. The molecule has 0 N–H and O–H groups in total. The zero-order valence-corrected chi connectivity index (χ0v) is 14.1. The van der Waals surface area contributed by atoms with E-state index in [9.17, 15) is 0 Å². The highest BCUT2D eigenvalue weighted by molar-refractivity contribution is 5.10. The third-order valence-electron chi connectivity index (χ3n) is 5.25. The van der Waals surface area contributed by atoms with Gasteiger partial charge in [0.05, 0.1) is 11.8 Å². The summed E-state index contributed by atoms with van der Waals surface area (Å²) in [6, 6.07) is 0. The van der Waals surface area contributed by atoms with Crippen molar-refractivity contribution in [2.45, 2.75) is 31.8 Å². The Hall–Kier alpha value is -0.980. The van der Waals surface area contributed by atoms with Crippen molar-refractivity contribution in [2.24, 2.45) is 13.0 Å². The van der Waals surface area contributed by atoms with Crippen LogP contribution in [0.5, 0.6) is 0 Å². The predicted molar refractivity (Wildman–Crippen MR) is 85.8 cm³/mol. The van der Waals surface area contributed by atoms with E-state index in [0.29, 0.717) is 5.92 Å². The summed E-state index contributed by atoms with van der Waals surface area (Å²) in [4.78, 5) is 5.13. The molecule has 6 heteroatoms. The van der Waals surface area contributed by atoms with Crippen molar-refractivity contribution in [3.63, 3.8) is 0 Å². The molecule has 3 rings (SSSR count). The Morgan fingerprint density at radius 2 is 1.91 bits per heavy atom. The number of hydrogen-bond donors (Lipinski definition) is 0. The Bertz CT molecular complexity index is 469. The van der Waals surface area contributed by atoms with Crippen LogP contribution in [0, 0.1) is 5.92 Å². The maximum Gasteiger partial charge on any atom is 0.0897 e. The highest BCUT2D eigenvalue weighted by Gasteiger charge is 2.35. The van der Waals surface area contributed by atoms with Crippen molar-refractivity contribution in [1.82, 2.24) is 24.8 Å². The number of rotatable bonds is 5. The highest BCUT2D eigenvalue weighted by Crippen LogP contribution is 2.28. The van der Waals surface area contributed by atoms with E-state index in [1.54, 1.807) is 4.68 Å². The van der Waals surface area contributed by atoms with Crippen LogP contribution < -0.4 is 0 Å². The molecule has 2 atom stereocenters. The lowest BCUT2D eigenvalue weighted by molar-refractivity contribution is 0.0940. The fourth-order valence-corrected chi connectivity index (χ4v) is 3.66. The number of methoxy groups -OCH3 is 1.